The molecule has 0 radical (unpaired) electrons. The zero-order valence-electron chi connectivity index (χ0n) is 35.5. The minimum Gasteiger partial charge on any atom is -0.497 e. The van der Waals surface area contributed by atoms with E-state index in [2.05, 4.69) is 31.9 Å². The first-order valence-electron chi connectivity index (χ1n) is 19.9. The molecule has 1 aromatic rings. The Bertz CT molecular complexity index is 1460. The van der Waals surface area contributed by atoms with Gasteiger partial charge in [-0.05, 0) is 115 Å². The van der Waals surface area contributed by atoms with E-state index < -0.39 is 50.2 Å². The molecular formula is C42H65Br2O13P. The molecule has 0 spiro atoms. The Morgan fingerprint density at radius 2 is 1.53 bits per heavy atom. The van der Waals surface area contributed by atoms with E-state index in [0.29, 0.717) is 45.1 Å². The molecule has 2 rings (SSSR count). The van der Waals surface area contributed by atoms with Gasteiger partial charge in [0.1, 0.15) is 36.3 Å². The number of esters is 1. The second kappa shape index (κ2) is 28.7. The molecule has 330 valence electrons. The average molecular weight is 969 g/mol. The minimum absolute atomic E-state index is 0.0877. The summed E-state index contributed by atoms with van der Waals surface area (Å²) in [6.07, 6.45) is 8.65. The zero-order chi connectivity index (χ0) is 43.1. The quantitative estimate of drug-likeness (QED) is 0.0326. The molecule has 1 heterocycles. The van der Waals surface area contributed by atoms with Gasteiger partial charge in [-0.15, -0.1) is 0 Å². The number of hydrogen-bond donors (Lipinski definition) is 0. The summed E-state index contributed by atoms with van der Waals surface area (Å²) in [6, 6.07) is 7.58. The summed E-state index contributed by atoms with van der Waals surface area (Å²) < 4.78 is 71.3. The van der Waals surface area contributed by atoms with E-state index in [1.54, 1.807) is 54.4 Å². The molecule has 0 amide bonds. The monoisotopic (exact) mass is 966 g/mol. The molecule has 9 atom stereocenters. The number of carbonyl (C=O) groups excluding carboxylic acids is 2. The van der Waals surface area contributed by atoms with Crippen molar-refractivity contribution in [3.05, 3.63) is 63.6 Å². The number of rotatable bonds is 29. The highest BCUT2D eigenvalue weighted by atomic mass is 79.9. The number of methoxy groups -OCH3 is 4. The molecule has 58 heavy (non-hydrogen) atoms. The van der Waals surface area contributed by atoms with Crippen LogP contribution in [-0.2, 0) is 63.0 Å². The highest BCUT2D eigenvalue weighted by Gasteiger charge is 2.46. The molecule has 1 aliphatic rings. The first-order chi connectivity index (χ1) is 27.8. The van der Waals surface area contributed by atoms with Gasteiger partial charge in [0.2, 0.25) is 0 Å². The lowest BCUT2D eigenvalue weighted by Gasteiger charge is -2.44. The van der Waals surface area contributed by atoms with Crippen molar-refractivity contribution in [2.45, 2.75) is 129 Å². The summed E-state index contributed by atoms with van der Waals surface area (Å²) in [5, 5.41) is 0. The molecule has 0 aliphatic carbocycles. The highest BCUT2D eigenvalue weighted by molar-refractivity contribution is 9.28. The maximum Gasteiger partial charge on any atom is 0.341 e. The van der Waals surface area contributed by atoms with Gasteiger partial charge in [0.25, 0.3) is 0 Å². The van der Waals surface area contributed by atoms with Crippen molar-refractivity contribution in [2.24, 2.45) is 5.92 Å². The molecular weight excluding hydrogens is 903 g/mol. The van der Waals surface area contributed by atoms with Gasteiger partial charge >= 0.3 is 13.6 Å². The third-order valence-corrected chi connectivity index (χ3v) is 12.3. The Balaban J connectivity index is 2.12. The molecule has 0 unspecified atom stereocenters. The van der Waals surface area contributed by atoms with Crippen LogP contribution in [0.2, 0.25) is 0 Å². The van der Waals surface area contributed by atoms with Crippen molar-refractivity contribution in [2.75, 3.05) is 47.8 Å². The fourth-order valence-corrected chi connectivity index (χ4v) is 8.34. The van der Waals surface area contributed by atoms with E-state index in [1.807, 2.05) is 63.3 Å². The number of halogens is 2. The summed E-state index contributed by atoms with van der Waals surface area (Å²) in [5.74, 6) is -0.447. The van der Waals surface area contributed by atoms with Crippen LogP contribution in [0.4, 0.5) is 0 Å². The van der Waals surface area contributed by atoms with E-state index in [1.165, 1.54) is 0 Å². The second-order valence-corrected chi connectivity index (χ2v) is 18.6. The largest absolute Gasteiger partial charge is 0.497 e. The maximum absolute atomic E-state index is 13.5. The van der Waals surface area contributed by atoms with E-state index in [9.17, 15) is 14.2 Å². The number of ether oxygens (including phenoxy) is 8. The summed E-state index contributed by atoms with van der Waals surface area (Å²) in [4.78, 5) is 26.2. The van der Waals surface area contributed by atoms with Crippen LogP contribution in [0.25, 0.3) is 0 Å². The summed E-state index contributed by atoms with van der Waals surface area (Å²) in [5.41, 5.74) is 0.942. The Morgan fingerprint density at radius 3 is 2.10 bits per heavy atom. The molecule has 0 aromatic heterocycles. The SMILES string of the molecule is CCOP(=O)(CC(=O)O[C@H](CC)CCC[C@H](OCc1ccc(OC)cc1)[C@@H](C)C(=O)/C=C/C=C/C[C@@H](CC=C(Br)Br)O[C@@H]1O[C@@H](C)[C@H](OC)[C@@H](OC)[C@H]1OC)OCC. The number of ketones is 1. The Kier molecular flexibility index (Phi) is 25.9. The van der Waals surface area contributed by atoms with Crippen molar-refractivity contribution in [1.82, 2.24) is 0 Å². The number of carbonyl (C=O) groups is 2. The molecule has 1 fully saturated rings. The molecule has 16 heteroatoms. The fourth-order valence-electron chi connectivity index (χ4n) is 6.53. The van der Waals surface area contributed by atoms with Gasteiger partial charge in [0.15, 0.2) is 12.1 Å². The van der Waals surface area contributed by atoms with Crippen LogP contribution in [0, 0.1) is 5.92 Å². The fraction of sp³-hybridized carbons (Fsp3) is 0.667. The summed E-state index contributed by atoms with van der Waals surface area (Å²) in [6.45, 7) is 9.69. The van der Waals surface area contributed by atoms with E-state index in [-0.39, 0.29) is 43.4 Å². The number of benzene rings is 1. The van der Waals surface area contributed by atoms with Crippen LogP contribution in [0.15, 0.2) is 58.0 Å². The first kappa shape index (κ1) is 52.4. The normalized spacial score (nSPS) is 22.1. The molecule has 0 N–H and O–H groups in total. The van der Waals surface area contributed by atoms with Crippen LogP contribution in [0.5, 0.6) is 5.75 Å². The van der Waals surface area contributed by atoms with Gasteiger partial charge in [-0.2, -0.15) is 0 Å². The molecule has 0 bridgehead atoms. The summed E-state index contributed by atoms with van der Waals surface area (Å²) in [7, 11) is 2.86. The van der Waals surface area contributed by atoms with Gasteiger partial charge in [-0.3, -0.25) is 14.2 Å². The molecule has 0 saturated carbocycles. The Morgan fingerprint density at radius 1 is 0.879 bits per heavy atom. The van der Waals surface area contributed by atoms with Gasteiger partial charge in [0.05, 0.1) is 48.6 Å². The van der Waals surface area contributed by atoms with Crippen molar-refractivity contribution in [1.29, 1.82) is 0 Å². The van der Waals surface area contributed by atoms with Crippen LogP contribution in [-0.4, -0.2) is 109 Å². The lowest BCUT2D eigenvalue weighted by Crippen LogP contribution is -2.59. The molecule has 13 nitrogen and oxygen atoms in total. The van der Waals surface area contributed by atoms with Crippen molar-refractivity contribution >= 4 is 51.2 Å². The zero-order valence-corrected chi connectivity index (χ0v) is 39.5. The van der Waals surface area contributed by atoms with Crippen molar-refractivity contribution in [3.8, 4) is 5.75 Å². The van der Waals surface area contributed by atoms with Crippen molar-refractivity contribution in [3.63, 3.8) is 0 Å². The first-order valence-corrected chi connectivity index (χ1v) is 23.2. The molecule has 1 aromatic carbocycles. The van der Waals surface area contributed by atoms with E-state index in [4.69, 9.17) is 46.9 Å². The van der Waals surface area contributed by atoms with Crippen molar-refractivity contribution < 1.29 is 61.1 Å². The van der Waals surface area contributed by atoms with Crippen LogP contribution < -0.4 is 4.74 Å². The predicted octanol–water partition coefficient (Wildman–Crippen LogP) is 9.24. The Hall–Kier alpha value is -1.75. The highest BCUT2D eigenvalue weighted by Crippen LogP contribution is 2.48. The van der Waals surface area contributed by atoms with Gasteiger partial charge < -0.3 is 46.9 Å². The van der Waals surface area contributed by atoms with Gasteiger partial charge in [0, 0.05) is 27.2 Å². The molecule has 1 aliphatic heterocycles. The van der Waals surface area contributed by atoms with Crippen LogP contribution in [0.3, 0.4) is 0 Å². The number of hydrogen-bond acceptors (Lipinski definition) is 13. The minimum atomic E-state index is -3.58. The standard InChI is InChI=1S/C42H65Br2O13P/c1-10-32(56-38(46)28-58(47,53-11-2)54-12-3)18-16-20-36(52-27-31-21-23-33(48-6)24-22-31)29(4)35(45)19-15-13-14-17-34(25-26-37(43)44)57-42-41(51-9)40(50-8)39(49-7)30(5)55-42/h13-15,19,21-24,26,29-30,32,34,36,39-42H,10-12,16-18,20,25,27-28H2,1-9H3/b14-13+,19-15+/t29-,30-,32+,34-,36-,39-,40+,41+,42-/m0/s1. The smallest absolute Gasteiger partial charge is 0.341 e. The number of allylic oxidation sites excluding steroid dienone is 3. The lowest BCUT2D eigenvalue weighted by atomic mass is 9.94. The van der Waals surface area contributed by atoms with Gasteiger partial charge in [-0.25, -0.2) is 0 Å². The molecule has 1 saturated heterocycles. The third kappa shape index (κ3) is 18.5. The van der Waals surface area contributed by atoms with Crippen LogP contribution >= 0.6 is 39.5 Å². The van der Waals surface area contributed by atoms with E-state index >= 15 is 0 Å². The van der Waals surface area contributed by atoms with Gasteiger partial charge in [-0.1, -0.05) is 50.3 Å². The van der Waals surface area contributed by atoms with E-state index in [0.717, 1.165) is 14.7 Å². The second-order valence-electron chi connectivity index (χ2n) is 13.8. The predicted molar refractivity (Wildman–Crippen MR) is 231 cm³/mol. The summed E-state index contributed by atoms with van der Waals surface area (Å²) >= 11 is 6.86. The maximum atomic E-state index is 13.5. The lowest BCUT2D eigenvalue weighted by molar-refractivity contribution is -0.314. The Labute approximate surface area is 362 Å². The third-order valence-electron chi connectivity index (χ3n) is 9.68. The average Bonchev–Trinajstić information content (AvgIpc) is 3.19. The van der Waals surface area contributed by atoms with Crippen LogP contribution in [0.1, 0.15) is 78.7 Å². The topological polar surface area (TPSA) is 144 Å².